The van der Waals surface area contributed by atoms with Gasteiger partial charge in [-0.2, -0.15) is 0 Å². The monoisotopic (exact) mass is 483 g/mol. The van der Waals surface area contributed by atoms with Crippen LogP contribution in [0.1, 0.15) is 34.0 Å². The fourth-order valence-corrected chi connectivity index (χ4v) is 4.92. The molecule has 4 aromatic carbocycles. The Bertz CT molecular complexity index is 1760. The summed E-state index contributed by atoms with van der Waals surface area (Å²) < 4.78 is 8.04. The quantitative estimate of drug-likeness (QED) is 0.218. The van der Waals surface area contributed by atoms with Gasteiger partial charge in [-0.05, 0) is 28.0 Å². The van der Waals surface area contributed by atoms with Gasteiger partial charge in [-0.3, -0.25) is 0 Å². The van der Waals surface area contributed by atoms with E-state index in [9.17, 15) is 0 Å². The lowest BCUT2D eigenvalue weighted by Crippen LogP contribution is -2.15. The highest BCUT2D eigenvalue weighted by Gasteiger charge is 2.34. The van der Waals surface area contributed by atoms with Crippen LogP contribution < -0.4 is 4.74 Å². The zero-order valence-corrected chi connectivity index (χ0v) is 19.7. The first-order valence-corrected chi connectivity index (χ1v) is 12.0. The molecule has 3 heterocycles. The van der Waals surface area contributed by atoms with Crippen molar-refractivity contribution in [2.24, 2.45) is 5.16 Å². The molecule has 0 bridgehead atoms. The van der Waals surface area contributed by atoms with Crippen LogP contribution in [0, 0.1) is 0 Å². The molecule has 0 fully saturated rings. The summed E-state index contributed by atoms with van der Waals surface area (Å²) >= 11 is 0. The van der Waals surface area contributed by atoms with Crippen LogP contribution in [0.4, 0.5) is 0 Å². The van der Waals surface area contributed by atoms with Crippen molar-refractivity contribution < 1.29 is 9.57 Å². The van der Waals surface area contributed by atoms with Crippen molar-refractivity contribution in [3.05, 3.63) is 131 Å². The number of fused-ring (bicyclic) bond motifs is 6. The van der Waals surface area contributed by atoms with Gasteiger partial charge in [0.1, 0.15) is 12.1 Å². The molecule has 178 valence electrons. The third kappa shape index (κ3) is 3.77. The highest BCUT2D eigenvalue weighted by Crippen LogP contribution is 2.50. The number of hydrogen-bond acceptors (Lipinski definition) is 6. The van der Waals surface area contributed by atoms with Gasteiger partial charge in [-0.15, -0.1) is 5.10 Å². The molecule has 0 amide bonds. The standard InChI is InChI=1S/C30H21N5O2/c1-3-9-20(10-4-1)17-32-36-18-25-33-29-28-26(22-12-5-2-6-13-22)27-23-14-8-7-11-21(23)15-16-24(27)37-30(28)31-19-35(29)34-25/h1-17,19,26H,18H2/b32-17+. The van der Waals surface area contributed by atoms with E-state index >= 15 is 0 Å². The van der Waals surface area contributed by atoms with E-state index in [-0.39, 0.29) is 12.5 Å². The van der Waals surface area contributed by atoms with Gasteiger partial charge in [0.25, 0.3) is 0 Å². The van der Waals surface area contributed by atoms with Crippen molar-refractivity contribution in [3.8, 4) is 11.6 Å². The second kappa shape index (κ2) is 8.87. The SMILES string of the molecule is C(=N\OCc1nc2c3c(ncn2n1)Oc1ccc2ccccc2c1C3c1ccccc1)/c1ccccc1. The van der Waals surface area contributed by atoms with Crippen LogP contribution in [0.2, 0.25) is 0 Å². The van der Waals surface area contributed by atoms with Gasteiger partial charge in [0.15, 0.2) is 18.1 Å². The molecule has 7 nitrogen and oxygen atoms in total. The third-order valence-corrected chi connectivity index (χ3v) is 6.55. The van der Waals surface area contributed by atoms with E-state index in [1.807, 2.05) is 42.5 Å². The van der Waals surface area contributed by atoms with E-state index in [0.717, 1.165) is 38.8 Å². The molecule has 0 saturated heterocycles. The largest absolute Gasteiger partial charge is 0.438 e. The van der Waals surface area contributed by atoms with Crippen LogP contribution in [-0.2, 0) is 11.4 Å². The fourth-order valence-electron chi connectivity index (χ4n) is 4.92. The van der Waals surface area contributed by atoms with Crippen LogP contribution in [-0.4, -0.2) is 25.8 Å². The minimum absolute atomic E-state index is 0.128. The van der Waals surface area contributed by atoms with Crippen LogP contribution in [0.5, 0.6) is 11.6 Å². The first kappa shape index (κ1) is 21.3. The van der Waals surface area contributed by atoms with Gasteiger partial charge in [0.05, 0.1) is 11.8 Å². The molecule has 0 saturated carbocycles. The van der Waals surface area contributed by atoms with Crippen molar-refractivity contribution in [2.75, 3.05) is 0 Å². The van der Waals surface area contributed by atoms with Gasteiger partial charge in [-0.25, -0.2) is 14.5 Å². The van der Waals surface area contributed by atoms with E-state index in [0.29, 0.717) is 17.4 Å². The molecule has 0 aliphatic carbocycles. The predicted molar refractivity (Wildman–Crippen MR) is 141 cm³/mol. The van der Waals surface area contributed by atoms with Crippen molar-refractivity contribution in [3.63, 3.8) is 0 Å². The Kier molecular flexibility index (Phi) is 5.10. The number of aromatic nitrogens is 4. The average molecular weight is 484 g/mol. The number of oxime groups is 1. The van der Waals surface area contributed by atoms with Crippen LogP contribution in [0.3, 0.4) is 0 Å². The highest BCUT2D eigenvalue weighted by atomic mass is 16.6. The van der Waals surface area contributed by atoms with Gasteiger partial charge < -0.3 is 9.57 Å². The predicted octanol–water partition coefficient (Wildman–Crippen LogP) is 6.11. The second-order valence-electron chi connectivity index (χ2n) is 8.82. The van der Waals surface area contributed by atoms with E-state index in [2.05, 4.69) is 69.8 Å². The first-order chi connectivity index (χ1) is 18.3. The summed E-state index contributed by atoms with van der Waals surface area (Å²) in [5, 5.41) is 11.0. The van der Waals surface area contributed by atoms with Crippen molar-refractivity contribution in [2.45, 2.75) is 12.5 Å². The van der Waals surface area contributed by atoms with Crippen LogP contribution in [0.15, 0.2) is 109 Å². The number of benzene rings is 4. The first-order valence-electron chi connectivity index (χ1n) is 12.0. The van der Waals surface area contributed by atoms with Gasteiger partial charge in [0.2, 0.25) is 5.88 Å². The van der Waals surface area contributed by atoms with Crippen LogP contribution >= 0.6 is 0 Å². The van der Waals surface area contributed by atoms with E-state index in [1.165, 1.54) is 0 Å². The fraction of sp³-hybridized carbons (Fsp3) is 0.0667. The van der Waals surface area contributed by atoms with E-state index in [1.54, 1.807) is 17.1 Å². The van der Waals surface area contributed by atoms with E-state index < -0.39 is 0 Å². The lowest BCUT2D eigenvalue weighted by atomic mass is 9.81. The summed E-state index contributed by atoms with van der Waals surface area (Å²) in [6.45, 7) is 0.135. The molecule has 0 N–H and O–H groups in total. The van der Waals surface area contributed by atoms with Gasteiger partial charge in [-0.1, -0.05) is 96.2 Å². The molecule has 1 aliphatic rings. The summed E-state index contributed by atoms with van der Waals surface area (Å²) in [5.74, 6) is 1.72. The molecular formula is C30H21N5O2. The maximum absolute atomic E-state index is 6.36. The second-order valence-corrected chi connectivity index (χ2v) is 8.82. The third-order valence-electron chi connectivity index (χ3n) is 6.55. The van der Waals surface area contributed by atoms with Gasteiger partial charge >= 0.3 is 0 Å². The molecule has 0 spiro atoms. The molecule has 7 heteroatoms. The molecular weight excluding hydrogens is 462 g/mol. The number of rotatable bonds is 5. The molecule has 6 aromatic rings. The summed E-state index contributed by atoms with van der Waals surface area (Å²) in [5.41, 5.74) is 4.75. The highest BCUT2D eigenvalue weighted by molar-refractivity contribution is 5.90. The average Bonchev–Trinajstić information content (AvgIpc) is 3.38. The normalized spacial score (nSPS) is 14.4. The van der Waals surface area contributed by atoms with Gasteiger partial charge in [0, 0.05) is 11.5 Å². The Balaban J connectivity index is 1.33. The molecule has 0 radical (unpaired) electrons. The summed E-state index contributed by atoms with van der Waals surface area (Å²) in [6.07, 6.45) is 3.30. The molecule has 7 rings (SSSR count). The number of hydrogen-bond donors (Lipinski definition) is 0. The molecule has 1 aliphatic heterocycles. The topological polar surface area (TPSA) is 73.9 Å². The zero-order chi connectivity index (χ0) is 24.6. The summed E-state index contributed by atoms with van der Waals surface area (Å²) in [6, 6.07) is 32.6. The smallest absolute Gasteiger partial charge is 0.228 e. The summed E-state index contributed by atoms with van der Waals surface area (Å²) in [7, 11) is 0. The molecule has 37 heavy (non-hydrogen) atoms. The van der Waals surface area contributed by atoms with Crippen molar-refractivity contribution >= 4 is 22.6 Å². The Labute approximate surface area is 212 Å². The van der Waals surface area contributed by atoms with Crippen LogP contribution in [0.25, 0.3) is 16.4 Å². The Morgan fingerprint density at radius 1 is 0.865 bits per heavy atom. The summed E-state index contributed by atoms with van der Waals surface area (Å²) in [4.78, 5) is 15.0. The minimum Gasteiger partial charge on any atom is -0.438 e. The van der Waals surface area contributed by atoms with Crippen molar-refractivity contribution in [1.29, 1.82) is 0 Å². The minimum atomic E-state index is -0.128. The Hall–Kier alpha value is -5.04. The Morgan fingerprint density at radius 3 is 2.51 bits per heavy atom. The molecule has 1 atom stereocenters. The Morgan fingerprint density at radius 2 is 1.65 bits per heavy atom. The lowest BCUT2D eigenvalue weighted by molar-refractivity contribution is 0.126. The zero-order valence-electron chi connectivity index (χ0n) is 19.7. The number of ether oxygens (including phenoxy) is 1. The maximum Gasteiger partial charge on any atom is 0.228 e. The molecule has 2 aromatic heterocycles. The lowest BCUT2D eigenvalue weighted by Gasteiger charge is -2.29. The van der Waals surface area contributed by atoms with E-state index in [4.69, 9.17) is 14.6 Å². The van der Waals surface area contributed by atoms with Crippen molar-refractivity contribution in [1.82, 2.24) is 19.6 Å². The number of nitrogens with zero attached hydrogens (tertiary/aromatic N) is 5. The maximum atomic E-state index is 6.36. The molecule has 1 unspecified atom stereocenters.